The lowest BCUT2D eigenvalue weighted by Crippen LogP contribution is -2.29. The summed E-state index contributed by atoms with van der Waals surface area (Å²) in [5.74, 6) is 0. The summed E-state index contributed by atoms with van der Waals surface area (Å²) in [5.41, 5.74) is 2.11. The minimum atomic E-state index is -4.37. The van der Waals surface area contributed by atoms with Crippen molar-refractivity contribution in [3.63, 3.8) is 0 Å². The third-order valence-corrected chi connectivity index (χ3v) is 4.76. The molecule has 3 aromatic rings. The zero-order valence-corrected chi connectivity index (χ0v) is 14.7. The average Bonchev–Trinajstić information content (AvgIpc) is 2.62. The molecule has 1 atom stereocenters. The highest BCUT2D eigenvalue weighted by molar-refractivity contribution is 5.42. The minimum Gasteiger partial charge on any atom is -0.260 e. The number of pyridine rings is 1. The van der Waals surface area contributed by atoms with E-state index in [1.807, 2.05) is 56.3 Å². The summed E-state index contributed by atoms with van der Waals surface area (Å²) in [6.07, 6.45) is -2.12. The van der Waals surface area contributed by atoms with E-state index in [-0.39, 0.29) is 0 Å². The van der Waals surface area contributed by atoms with Gasteiger partial charge in [0, 0.05) is 11.6 Å². The van der Waals surface area contributed by atoms with E-state index < -0.39 is 17.2 Å². The predicted octanol–water partition coefficient (Wildman–Crippen LogP) is 5.96. The monoisotopic (exact) mass is 355 g/mol. The molecule has 0 amide bonds. The lowest BCUT2D eigenvalue weighted by atomic mass is 9.73. The Morgan fingerprint density at radius 2 is 1.54 bits per heavy atom. The third kappa shape index (κ3) is 3.64. The molecular weight excluding hydrogens is 335 g/mol. The molecule has 0 radical (unpaired) electrons. The van der Waals surface area contributed by atoms with Crippen molar-refractivity contribution >= 4 is 0 Å². The van der Waals surface area contributed by atoms with Crippen LogP contribution in [0.5, 0.6) is 0 Å². The quantitative estimate of drug-likeness (QED) is 0.563. The number of aryl methyl sites for hydroxylation is 1. The Balaban J connectivity index is 2.17. The van der Waals surface area contributed by atoms with Crippen LogP contribution in [0.4, 0.5) is 13.2 Å². The van der Waals surface area contributed by atoms with Crippen LogP contribution in [0.15, 0.2) is 72.9 Å². The van der Waals surface area contributed by atoms with Gasteiger partial charge in [-0.1, -0.05) is 54.6 Å². The molecule has 26 heavy (non-hydrogen) atoms. The van der Waals surface area contributed by atoms with Gasteiger partial charge in [0.05, 0.1) is 11.3 Å². The van der Waals surface area contributed by atoms with Gasteiger partial charge >= 0.3 is 6.18 Å². The number of aromatic nitrogens is 1. The Bertz CT molecular complexity index is 887. The van der Waals surface area contributed by atoms with Crippen LogP contribution >= 0.6 is 0 Å². The number of rotatable bonds is 4. The van der Waals surface area contributed by atoms with Crippen LogP contribution < -0.4 is 0 Å². The Labute approximate surface area is 151 Å². The second kappa shape index (κ2) is 6.94. The van der Waals surface area contributed by atoms with E-state index in [0.717, 1.165) is 22.9 Å². The van der Waals surface area contributed by atoms with Crippen molar-refractivity contribution in [2.45, 2.75) is 31.9 Å². The van der Waals surface area contributed by atoms with Gasteiger partial charge in [-0.25, -0.2) is 0 Å². The van der Waals surface area contributed by atoms with Gasteiger partial charge in [-0.2, -0.15) is 13.2 Å². The molecule has 1 nitrogen and oxygen atoms in total. The normalized spacial score (nSPS) is 14.0. The van der Waals surface area contributed by atoms with Crippen molar-refractivity contribution in [1.82, 2.24) is 4.98 Å². The first-order valence-electron chi connectivity index (χ1n) is 8.44. The highest BCUT2D eigenvalue weighted by atomic mass is 19.4. The molecule has 1 heterocycles. The number of hydrogen-bond donors (Lipinski definition) is 0. The number of alkyl halides is 3. The van der Waals surface area contributed by atoms with E-state index in [1.165, 1.54) is 12.1 Å². The van der Waals surface area contributed by atoms with Crippen LogP contribution in [0.3, 0.4) is 0 Å². The predicted molar refractivity (Wildman–Crippen MR) is 97.0 cm³/mol. The highest BCUT2D eigenvalue weighted by Crippen LogP contribution is 2.38. The molecule has 0 N–H and O–H groups in total. The molecular formula is C22H20F3N. The van der Waals surface area contributed by atoms with Crippen molar-refractivity contribution in [3.05, 3.63) is 101 Å². The Morgan fingerprint density at radius 1 is 0.846 bits per heavy atom. The van der Waals surface area contributed by atoms with E-state index >= 15 is 0 Å². The van der Waals surface area contributed by atoms with Gasteiger partial charge < -0.3 is 0 Å². The van der Waals surface area contributed by atoms with Crippen LogP contribution in [0.2, 0.25) is 0 Å². The summed E-state index contributed by atoms with van der Waals surface area (Å²) in [6.45, 7) is 3.91. The van der Waals surface area contributed by atoms with Crippen LogP contribution in [0.25, 0.3) is 0 Å². The summed E-state index contributed by atoms with van der Waals surface area (Å²) in [5, 5.41) is 0. The van der Waals surface area contributed by atoms with Crippen molar-refractivity contribution in [3.8, 4) is 0 Å². The van der Waals surface area contributed by atoms with Crippen LogP contribution in [-0.2, 0) is 18.0 Å². The van der Waals surface area contributed by atoms with Crippen molar-refractivity contribution in [2.24, 2.45) is 0 Å². The maximum absolute atomic E-state index is 13.2. The second-order valence-corrected chi connectivity index (χ2v) is 6.74. The fourth-order valence-corrected chi connectivity index (χ4v) is 3.43. The molecule has 0 spiro atoms. The van der Waals surface area contributed by atoms with Crippen molar-refractivity contribution in [1.29, 1.82) is 0 Å². The second-order valence-electron chi connectivity index (χ2n) is 6.74. The minimum absolute atomic E-state index is 0.563. The fourth-order valence-electron chi connectivity index (χ4n) is 3.43. The van der Waals surface area contributed by atoms with E-state index in [0.29, 0.717) is 12.0 Å². The van der Waals surface area contributed by atoms with Gasteiger partial charge in [-0.15, -0.1) is 0 Å². The van der Waals surface area contributed by atoms with E-state index in [2.05, 4.69) is 4.98 Å². The largest absolute Gasteiger partial charge is 0.416 e. The van der Waals surface area contributed by atoms with Gasteiger partial charge in [0.15, 0.2) is 0 Å². The molecule has 0 saturated carbocycles. The first-order valence-corrected chi connectivity index (χ1v) is 8.44. The zero-order chi connectivity index (χ0) is 18.8. The van der Waals surface area contributed by atoms with Crippen molar-refractivity contribution < 1.29 is 13.2 Å². The summed E-state index contributed by atoms with van der Waals surface area (Å²) < 4.78 is 39.7. The van der Waals surface area contributed by atoms with E-state index in [9.17, 15) is 13.2 Å². The Morgan fingerprint density at radius 3 is 2.19 bits per heavy atom. The van der Waals surface area contributed by atoms with Gasteiger partial charge in [0.1, 0.15) is 0 Å². The van der Waals surface area contributed by atoms with Crippen LogP contribution in [0.1, 0.15) is 34.9 Å². The van der Waals surface area contributed by atoms with Gasteiger partial charge in [0.25, 0.3) is 0 Å². The molecule has 0 aliphatic carbocycles. The summed E-state index contributed by atoms with van der Waals surface area (Å²) >= 11 is 0. The fraction of sp³-hybridized carbons (Fsp3) is 0.227. The molecule has 1 unspecified atom stereocenters. The van der Waals surface area contributed by atoms with Crippen LogP contribution in [-0.4, -0.2) is 4.98 Å². The molecule has 0 bridgehead atoms. The van der Waals surface area contributed by atoms with Gasteiger partial charge in [-0.05, 0) is 49.1 Å². The first kappa shape index (κ1) is 18.2. The van der Waals surface area contributed by atoms with Crippen molar-refractivity contribution in [2.75, 3.05) is 0 Å². The zero-order valence-electron chi connectivity index (χ0n) is 14.7. The standard InChI is InChI=1S/C22H20F3N/c1-16-8-7-13-26-20(16)21(2,15-17-9-4-3-5-10-17)18-11-6-12-19(14-18)22(23,24)25/h3-14H,15H2,1-2H3. The van der Waals surface area contributed by atoms with E-state index in [4.69, 9.17) is 0 Å². The molecule has 0 aliphatic heterocycles. The Kier molecular flexibility index (Phi) is 4.86. The topological polar surface area (TPSA) is 12.9 Å². The molecule has 134 valence electrons. The molecule has 4 heteroatoms. The maximum atomic E-state index is 13.2. The summed E-state index contributed by atoms with van der Waals surface area (Å²) in [6, 6.07) is 19.2. The first-order chi connectivity index (χ1) is 12.3. The maximum Gasteiger partial charge on any atom is 0.416 e. The molecule has 1 aromatic heterocycles. The van der Waals surface area contributed by atoms with Gasteiger partial charge in [-0.3, -0.25) is 4.98 Å². The smallest absolute Gasteiger partial charge is 0.260 e. The average molecular weight is 355 g/mol. The van der Waals surface area contributed by atoms with Crippen LogP contribution in [0, 0.1) is 6.92 Å². The molecule has 2 aromatic carbocycles. The molecule has 0 fully saturated rings. The number of benzene rings is 2. The highest BCUT2D eigenvalue weighted by Gasteiger charge is 2.36. The molecule has 0 saturated heterocycles. The number of halogens is 3. The Hall–Kier alpha value is -2.62. The number of nitrogens with zero attached hydrogens (tertiary/aromatic N) is 1. The summed E-state index contributed by atoms with van der Waals surface area (Å²) in [7, 11) is 0. The molecule has 0 aliphatic rings. The SMILES string of the molecule is Cc1cccnc1C(C)(Cc1ccccc1)c1cccc(C(F)(F)F)c1. The third-order valence-electron chi connectivity index (χ3n) is 4.76. The van der Waals surface area contributed by atoms with Gasteiger partial charge in [0.2, 0.25) is 0 Å². The number of hydrogen-bond acceptors (Lipinski definition) is 1. The lowest BCUT2D eigenvalue weighted by molar-refractivity contribution is -0.137. The lowest BCUT2D eigenvalue weighted by Gasteiger charge is -2.32. The molecule has 3 rings (SSSR count). The summed E-state index contributed by atoms with van der Waals surface area (Å²) in [4.78, 5) is 4.53. The van der Waals surface area contributed by atoms with E-state index in [1.54, 1.807) is 12.3 Å².